The third-order valence-electron chi connectivity index (χ3n) is 4.23. The summed E-state index contributed by atoms with van der Waals surface area (Å²) in [4.78, 5) is 11.4. The van der Waals surface area contributed by atoms with Crippen LogP contribution in [0.15, 0.2) is 36.8 Å². The molecule has 0 saturated heterocycles. The SMILES string of the molecule is O=S(=O)(CC(F)(F)F)C1NCC=C1c1cc[nH]c2cnc3nccc3c12. The van der Waals surface area contributed by atoms with Gasteiger partial charge >= 0.3 is 6.18 Å². The van der Waals surface area contributed by atoms with Gasteiger partial charge < -0.3 is 4.98 Å². The Morgan fingerprint density at radius 3 is 2.81 bits per heavy atom. The maximum atomic E-state index is 12.7. The Hall–Kier alpha value is -2.46. The van der Waals surface area contributed by atoms with E-state index in [2.05, 4.69) is 20.3 Å². The molecule has 3 aromatic rings. The number of nitrogens with one attached hydrogen (secondary N) is 2. The molecule has 0 bridgehead atoms. The van der Waals surface area contributed by atoms with Crippen molar-refractivity contribution < 1.29 is 21.6 Å². The highest BCUT2D eigenvalue weighted by Crippen LogP contribution is 2.35. The van der Waals surface area contributed by atoms with E-state index in [1.54, 1.807) is 36.8 Å². The van der Waals surface area contributed by atoms with Crippen molar-refractivity contribution in [2.75, 3.05) is 12.3 Å². The van der Waals surface area contributed by atoms with Crippen molar-refractivity contribution >= 4 is 37.3 Å². The molecule has 4 heterocycles. The smallest absolute Gasteiger partial charge is 0.360 e. The highest BCUT2D eigenvalue weighted by molar-refractivity contribution is 7.92. The summed E-state index contributed by atoms with van der Waals surface area (Å²) in [6.45, 7) is 0.171. The number of aromatic amines is 1. The summed E-state index contributed by atoms with van der Waals surface area (Å²) < 4.78 is 62.8. The van der Waals surface area contributed by atoms with Crippen LogP contribution >= 0.6 is 0 Å². The zero-order valence-electron chi connectivity index (χ0n) is 13.2. The first-order chi connectivity index (χ1) is 12.3. The molecule has 0 amide bonds. The van der Waals surface area contributed by atoms with Crippen LogP contribution in [-0.2, 0) is 9.84 Å². The predicted octanol–water partition coefficient (Wildman–Crippen LogP) is 2.40. The molecule has 26 heavy (non-hydrogen) atoms. The Bertz CT molecular complexity index is 1140. The van der Waals surface area contributed by atoms with Gasteiger partial charge in [-0.2, -0.15) is 13.2 Å². The first-order valence-electron chi connectivity index (χ1n) is 7.69. The van der Waals surface area contributed by atoms with E-state index >= 15 is 0 Å². The van der Waals surface area contributed by atoms with Crippen molar-refractivity contribution in [3.63, 3.8) is 0 Å². The van der Waals surface area contributed by atoms with Gasteiger partial charge in [-0.05, 0) is 23.3 Å². The zero-order chi connectivity index (χ0) is 18.5. The number of aromatic nitrogens is 3. The third kappa shape index (κ3) is 2.84. The summed E-state index contributed by atoms with van der Waals surface area (Å²) in [5.41, 5.74) is 1.98. The number of H-pyrrole nitrogens is 1. The maximum Gasteiger partial charge on any atom is 0.402 e. The number of nitrogens with zero attached hydrogens (tertiary/aromatic N) is 2. The van der Waals surface area contributed by atoms with Gasteiger partial charge in [-0.1, -0.05) is 6.08 Å². The molecule has 0 radical (unpaired) electrons. The molecule has 0 aliphatic carbocycles. The number of halogens is 3. The molecule has 136 valence electrons. The topological polar surface area (TPSA) is 87.7 Å². The van der Waals surface area contributed by atoms with Gasteiger partial charge in [0.2, 0.25) is 0 Å². The molecule has 1 atom stereocenters. The zero-order valence-corrected chi connectivity index (χ0v) is 14.0. The monoisotopic (exact) mass is 382 g/mol. The number of pyridine rings is 2. The molecular formula is C16H13F3N4O2S. The van der Waals surface area contributed by atoms with Gasteiger partial charge in [0.1, 0.15) is 11.1 Å². The number of rotatable bonds is 3. The van der Waals surface area contributed by atoms with E-state index in [1.165, 1.54) is 0 Å². The molecule has 0 saturated carbocycles. The minimum absolute atomic E-state index is 0.171. The van der Waals surface area contributed by atoms with Crippen molar-refractivity contribution in [1.29, 1.82) is 0 Å². The summed E-state index contributed by atoms with van der Waals surface area (Å²) >= 11 is 0. The van der Waals surface area contributed by atoms with E-state index in [0.717, 1.165) is 0 Å². The summed E-state index contributed by atoms with van der Waals surface area (Å²) in [6, 6.07) is 3.40. The minimum atomic E-state index is -4.80. The highest BCUT2D eigenvalue weighted by Gasteiger charge is 2.42. The van der Waals surface area contributed by atoms with E-state index in [1.807, 2.05) is 0 Å². The van der Waals surface area contributed by atoms with Crippen LogP contribution in [0.4, 0.5) is 13.2 Å². The van der Waals surface area contributed by atoms with Crippen molar-refractivity contribution in [2.24, 2.45) is 0 Å². The highest BCUT2D eigenvalue weighted by atomic mass is 32.2. The molecular weight excluding hydrogens is 369 g/mol. The molecule has 3 aromatic heterocycles. The fourth-order valence-electron chi connectivity index (χ4n) is 3.27. The Morgan fingerprint density at radius 1 is 1.23 bits per heavy atom. The van der Waals surface area contributed by atoms with Crippen LogP contribution in [0, 0.1) is 0 Å². The summed E-state index contributed by atoms with van der Waals surface area (Å²) in [7, 11) is -4.47. The normalized spacial score (nSPS) is 18.6. The van der Waals surface area contributed by atoms with Crippen molar-refractivity contribution in [1.82, 2.24) is 20.3 Å². The molecule has 2 N–H and O–H groups in total. The second-order valence-corrected chi connectivity index (χ2v) is 8.08. The van der Waals surface area contributed by atoms with Crippen molar-refractivity contribution in [2.45, 2.75) is 11.6 Å². The van der Waals surface area contributed by atoms with Gasteiger partial charge in [0, 0.05) is 29.7 Å². The number of alkyl halides is 3. The van der Waals surface area contributed by atoms with Gasteiger partial charge in [0.05, 0.1) is 11.7 Å². The van der Waals surface area contributed by atoms with Crippen LogP contribution in [0.2, 0.25) is 0 Å². The van der Waals surface area contributed by atoms with Gasteiger partial charge in [-0.3, -0.25) is 5.32 Å². The lowest BCUT2D eigenvalue weighted by Crippen LogP contribution is -2.39. The fraction of sp³-hybridized carbons (Fsp3) is 0.250. The molecule has 10 heteroatoms. The van der Waals surface area contributed by atoms with Crippen LogP contribution in [-0.4, -0.2) is 47.2 Å². The Labute approximate surface area is 146 Å². The molecule has 1 aliphatic heterocycles. The Balaban J connectivity index is 1.88. The largest absolute Gasteiger partial charge is 0.402 e. The number of fused-ring (bicyclic) bond motifs is 3. The van der Waals surface area contributed by atoms with Crippen LogP contribution in [0.5, 0.6) is 0 Å². The van der Waals surface area contributed by atoms with Gasteiger partial charge in [-0.15, -0.1) is 0 Å². The van der Waals surface area contributed by atoms with Crippen LogP contribution in [0.25, 0.3) is 27.5 Å². The van der Waals surface area contributed by atoms with E-state index < -0.39 is 27.1 Å². The number of sulfone groups is 1. The van der Waals surface area contributed by atoms with E-state index in [-0.39, 0.29) is 6.54 Å². The molecule has 0 aromatic carbocycles. The molecule has 6 nitrogen and oxygen atoms in total. The average Bonchev–Trinajstić information content (AvgIpc) is 3.21. The lowest BCUT2D eigenvalue weighted by Gasteiger charge is -2.19. The molecule has 1 unspecified atom stereocenters. The van der Waals surface area contributed by atoms with E-state index in [9.17, 15) is 21.6 Å². The van der Waals surface area contributed by atoms with Crippen molar-refractivity contribution in [3.8, 4) is 0 Å². The minimum Gasteiger partial charge on any atom is -0.360 e. The maximum absolute atomic E-state index is 12.7. The molecule has 0 spiro atoms. The molecule has 4 rings (SSSR count). The quantitative estimate of drug-likeness (QED) is 0.726. The Morgan fingerprint density at radius 2 is 2.04 bits per heavy atom. The van der Waals surface area contributed by atoms with Crippen LogP contribution in [0.1, 0.15) is 5.56 Å². The fourth-order valence-corrected chi connectivity index (χ4v) is 4.86. The van der Waals surface area contributed by atoms with E-state index in [4.69, 9.17) is 0 Å². The second-order valence-electron chi connectivity index (χ2n) is 5.99. The number of hydrogen-bond donors (Lipinski definition) is 2. The van der Waals surface area contributed by atoms with Crippen LogP contribution in [0.3, 0.4) is 0 Å². The first-order valence-corrected chi connectivity index (χ1v) is 9.41. The Kier molecular flexibility index (Phi) is 3.77. The summed E-state index contributed by atoms with van der Waals surface area (Å²) in [5.74, 6) is -1.87. The second kappa shape index (κ2) is 5.78. The predicted molar refractivity (Wildman–Crippen MR) is 91.0 cm³/mol. The van der Waals surface area contributed by atoms with Gasteiger partial charge in [0.25, 0.3) is 0 Å². The van der Waals surface area contributed by atoms with Gasteiger partial charge in [0.15, 0.2) is 15.5 Å². The van der Waals surface area contributed by atoms with Gasteiger partial charge in [-0.25, -0.2) is 18.4 Å². The summed E-state index contributed by atoms with van der Waals surface area (Å²) in [6.07, 6.45) is 1.56. The summed E-state index contributed by atoms with van der Waals surface area (Å²) in [5, 5.41) is 2.62. The third-order valence-corrected chi connectivity index (χ3v) is 6.10. The van der Waals surface area contributed by atoms with E-state index in [0.29, 0.717) is 33.1 Å². The molecule has 0 fully saturated rings. The first kappa shape index (κ1) is 17.0. The standard InChI is InChI=1S/C16H13F3N4O2S/c17-16(18,19)8-26(24,25)15-10(2-6-22-15)9-1-4-20-12-7-23-14-11(13(9)12)3-5-21-14/h1-5,7,15,20,22H,6,8H2. The number of hydrogen-bond acceptors (Lipinski definition) is 5. The average molecular weight is 382 g/mol. The lowest BCUT2D eigenvalue weighted by molar-refractivity contribution is -0.106. The molecule has 1 aliphatic rings. The lowest BCUT2D eigenvalue weighted by atomic mass is 10.0. The van der Waals surface area contributed by atoms with Crippen molar-refractivity contribution in [3.05, 3.63) is 42.4 Å². The van der Waals surface area contributed by atoms with Crippen LogP contribution < -0.4 is 5.32 Å².